The first-order chi connectivity index (χ1) is 9.77. The van der Waals surface area contributed by atoms with Crippen molar-refractivity contribution in [2.24, 2.45) is 5.14 Å². The summed E-state index contributed by atoms with van der Waals surface area (Å²) in [6.07, 6.45) is 3.66. The van der Waals surface area contributed by atoms with Crippen molar-refractivity contribution < 1.29 is 22.0 Å². The number of rotatable bonds is 7. The van der Waals surface area contributed by atoms with Crippen molar-refractivity contribution in [1.29, 1.82) is 0 Å². The number of hydrogen-bond acceptors (Lipinski definition) is 3. The molecule has 5 nitrogen and oxygen atoms in total. The first kappa shape index (κ1) is 17.5. The number of primary sulfonamides is 1. The van der Waals surface area contributed by atoms with E-state index in [1.165, 1.54) is 0 Å². The standard InChI is InChI=1S/C13H18F2N2O3S/c1-2-3-4-5-6-17-13(18)10-7-9(21(16,19)20)8-11(14)12(10)15/h7-8H,2-6H2,1H3,(H,17,18)(H2,16,19,20). The minimum atomic E-state index is -4.22. The SMILES string of the molecule is CCCCCCNC(=O)c1cc(S(N)(=O)=O)cc(F)c1F. The summed E-state index contributed by atoms with van der Waals surface area (Å²) < 4.78 is 49.2. The Balaban J connectivity index is 2.86. The lowest BCUT2D eigenvalue weighted by Gasteiger charge is -2.08. The van der Waals surface area contributed by atoms with Crippen LogP contribution in [0.2, 0.25) is 0 Å². The van der Waals surface area contributed by atoms with Crippen LogP contribution in [0.4, 0.5) is 8.78 Å². The van der Waals surface area contributed by atoms with E-state index in [1.807, 2.05) is 6.92 Å². The highest BCUT2D eigenvalue weighted by molar-refractivity contribution is 7.89. The van der Waals surface area contributed by atoms with Crippen LogP contribution in [0.15, 0.2) is 17.0 Å². The first-order valence-electron chi connectivity index (χ1n) is 6.57. The van der Waals surface area contributed by atoms with Crippen molar-refractivity contribution in [2.45, 2.75) is 37.5 Å². The number of nitrogens with one attached hydrogen (secondary N) is 1. The summed E-state index contributed by atoms with van der Waals surface area (Å²) in [6, 6.07) is 1.18. The highest BCUT2D eigenvalue weighted by atomic mass is 32.2. The lowest BCUT2D eigenvalue weighted by Crippen LogP contribution is -2.26. The molecule has 8 heteroatoms. The van der Waals surface area contributed by atoms with Crippen LogP contribution in [0, 0.1) is 11.6 Å². The summed E-state index contributed by atoms with van der Waals surface area (Å²) >= 11 is 0. The fourth-order valence-corrected chi connectivity index (χ4v) is 2.29. The van der Waals surface area contributed by atoms with Crippen molar-refractivity contribution in [3.8, 4) is 0 Å². The van der Waals surface area contributed by atoms with Gasteiger partial charge in [-0.05, 0) is 18.6 Å². The monoisotopic (exact) mass is 320 g/mol. The molecule has 0 aliphatic carbocycles. The molecule has 118 valence electrons. The quantitative estimate of drug-likeness (QED) is 0.752. The lowest BCUT2D eigenvalue weighted by molar-refractivity contribution is 0.0947. The van der Waals surface area contributed by atoms with E-state index in [0.717, 1.165) is 25.3 Å². The second-order valence-electron chi connectivity index (χ2n) is 4.63. The summed E-state index contributed by atoms with van der Waals surface area (Å²) in [4.78, 5) is 11.1. The number of unbranched alkanes of at least 4 members (excludes halogenated alkanes) is 3. The molecule has 0 saturated carbocycles. The molecule has 0 fully saturated rings. The first-order valence-corrected chi connectivity index (χ1v) is 8.12. The zero-order valence-electron chi connectivity index (χ0n) is 11.7. The Kier molecular flexibility index (Phi) is 6.22. The number of benzene rings is 1. The van der Waals surface area contributed by atoms with Crippen LogP contribution in [0.3, 0.4) is 0 Å². The molecule has 1 aromatic rings. The number of halogens is 2. The molecule has 1 rings (SSSR count). The molecule has 0 aliphatic heterocycles. The summed E-state index contributed by atoms with van der Waals surface area (Å²) in [6.45, 7) is 2.34. The van der Waals surface area contributed by atoms with E-state index in [0.29, 0.717) is 19.0 Å². The van der Waals surface area contributed by atoms with Crippen LogP contribution in [0.1, 0.15) is 43.0 Å². The molecule has 21 heavy (non-hydrogen) atoms. The number of sulfonamides is 1. The molecule has 0 bridgehead atoms. The lowest BCUT2D eigenvalue weighted by atomic mass is 10.1. The van der Waals surface area contributed by atoms with Crippen LogP contribution in [0.25, 0.3) is 0 Å². The van der Waals surface area contributed by atoms with Crippen molar-refractivity contribution in [1.82, 2.24) is 5.32 Å². The maximum absolute atomic E-state index is 13.6. The molecule has 0 radical (unpaired) electrons. The smallest absolute Gasteiger partial charge is 0.254 e. The van der Waals surface area contributed by atoms with Crippen molar-refractivity contribution in [3.05, 3.63) is 29.3 Å². The third kappa shape index (κ3) is 5.05. The zero-order valence-corrected chi connectivity index (χ0v) is 12.5. The van der Waals surface area contributed by atoms with Gasteiger partial charge >= 0.3 is 0 Å². The number of amides is 1. The second kappa shape index (κ2) is 7.46. The van der Waals surface area contributed by atoms with Crippen LogP contribution in [0.5, 0.6) is 0 Å². The summed E-state index contributed by atoms with van der Waals surface area (Å²) in [5.74, 6) is -3.69. The maximum Gasteiger partial charge on any atom is 0.254 e. The fourth-order valence-electron chi connectivity index (χ4n) is 1.74. The van der Waals surface area contributed by atoms with Gasteiger partial charge in [0.05, 0.1) is 10.5 Å². The topological polar surface area (TPSA) is 89.3 Å². The van der Waals surface area contributed by atoms with Crippen LogP contribution < -0.4 is 10.5 Å². The minimum absolute atomic E-state index is 0.305. The Morgan fingerprint density at radius 1 is 1.24 bits per heavy atom. The third-order valence-corrected chi connectivity index (χ3v) is 3.78. The Labute approximate surface area is 122 Å². The van der Waals surface area contributed by atoms with Gasteiger partial charge in [-0.15, -0.1) is 0 Å². The van der Waals surface area contributed by atoms with Gasteiger partial charge in [0.15, 0.2) is 11.6 Å². The Hall–Kier alpha value is -1.54. The maximum atomic E-state index is 13.6. The minimum Gasteiger partial charge on any atom is -0.352 e. The van der Waals surface area contributed by atoms with Gasteiger partial charge in [-0.2, -0.15) is 0 Å². The molecular weight excluding hydrogens is 302 g/mol. The number of carbonyl (C=O) groups excluding carboxylic acids is 1. The predicted octanol–water partition coefficient (Wildman–Crippen LogP) is 1.92. The van der Waals surface area contributed by atoms with E-state index in [4.69, 9.17) is 5.14 Å². The molecule has 0 spiro atoms. The van der Waals surface area contributed by atoms with E-state index in [9.17, 15) is 22.0 Å². The summed E-state index contributed by atoms with van der Waals surface area (Å²) in [5.41, 5.74) is -0.672. The van der Waals surface area contributed by atoms with Crippen LogP contribution in [-0.4, -0.2) is 20.9 Å². The van der Waals surface area contributed by atoms with Gasteiger partial charge in [-0.1, -0.05) is 26.2 Å². The summed E-state index contributed by atoms with van der Waals surface area (Å²) in [7, 11) is -4.22. The van der Waals surface area contributed by atoms with E-state index >= 15 is 0 Å². The molecule has 0 aromatic heterocycles. The highest BCUT2D eigenvalue weighted by Gasteiger charge is 2.20. The van der Waals surface area contributed by atoms with Gasteiger partial charge in [-0.25, -0.2) is 22.3 Å². The molecule has 1 amide bonds. The molecule has 0 saturated heterocycles. The molecular formula is C13H18F2N2O3S. The fraction of sp³-hybridized carbons (Fsp3) is 0.462. The average molecular weight is 320 g/mol. The van der Waals surface area contributed by atoms with Crippen molar-refractivity contribution in [2.75, 3.05) is 6.54 Å². The molecule has 0 unspecified atom stereocenters. The van der Waals surface area contributed by atoms with Gasteiger partial charge in [0, 0.05) is 6.54 Å². The van der Waals surface area contributed by atoms with Gasteiger partial charge < -0.3 is 5.32 Å². The average Bonchev–Trinajstić information content (AvgIpc) is 2.40. The highest BCUT2D eigenvalue weighted by Crippen LogP contribution is 2.18. The van der Waals surface area contributed by atoms with Crippen LogP contribution in [-0.2, 0) is 10.0 Å². The van der Waals surface area contributed by atoms with Gasteiger partial charge in [0.25, 0.3) is 5.91 Å². The Bertz CT molecular complexity index is 618. The Morgan fingerprint density at radius 2 is 1.90 bits per heavy atom. The molecule has 1 aromatic carbocycles. The molecule has 0 heterocycles. The van der Waals surface area contributed by atoms with Gasteiger partial charge in [0.1, 0.15) is 0 Å². The van der Waals surface area contributed by atoms with Crippen LogP contribution >= 0.6 is 0 Å². The van der Waals surface area contributed by atoms with E-state index in [-0.39, 0.29) is 0 Å². The Morgan fingerprint density at radius 3 is 2.48 bits per heavy atom. The second-order valence-corrected chi connectivity index (χ2v) is 6.19. The number of carbonyl (C=O) groups is 1. The van der Waals surface area contributed by atoms with E-state index in [2.05, 4.69) is 5.32 Å². The molecule has 0 atom stereocenters. The van der Waals surface area contributed by atoms with Gasteiger partial charge in [0.2, 0.25) is 10.0 Å². The zero-order chi connectivity index (χ0) is 16.0. The van der Waals surface area contributed by atoms with Gasteiger partial charge in [-0.3, -0.25) is 4.79 Å². The molecule has 0 aliphatic rings. The third-order valence-electron chi connectivity index (χ3n) is 2.89. The number of hydrogen-bond donors (Lipinski definition) is 2. The summed E-state index contributed by atoms with van der Waals surface area (Å²) in [5, 5.41) is 7.27. The largest absolute Gasteiger partial charge is 0.352 e. The van der Waals surface area contributed by atoms with Crippen molar-refractivity contribution in [3.63, 3.8) is 0 Å². The normalized spacial score (nSPS) is 11.4. The van der Waals surface area contributed by atoms with E-state index in [1.54, 1.807) is 0 Å². The molecule has 3 N–H and O–H groups in total. The van der Waals surface area contributed by atoms with Crippen molar-refractivity contribution >= 4 is 15.9 Å². The predicted molar refractivity (Wildman–Crippen MR) is 74.2 cm³/mol. The number of nitrogens with two attached hydrogens (primary N) is 1. The van der Waals surface area contributed by atoms with E-state index < -0.39 is 38.0 Å².